The summed E-state index contributed by atoms with van der Waals surface area (Å²) in [6.07, 6.45) is 0. The van der Waals surface area contributed by atoms with Crippen LogP contribution in [0, 0.1) is 0 Å². The highest BCUT2D eigenvalue weighted by molar-refractivity contribution is 6.31. The van der Waals surface area contributed by atoms with E-state index in [2.05, 4.69) is 29.2 Å². The SMILES string of the molecule is O=c1oc2cc(Cl)ccc2n1CN(Cc1ccccc1)Cc1ccccc1. The molecule has 136 valence electrons. The van der Waals surface area contributed by atoms with E-state index in [1.165, 1.54) is 11.1 Å². The molecule has 0 radical (unpaired) electrons. The third-order valence-electron chi connectivity index (χ3n) is 4.47. The number of halogens is 1. The van der Waals surface area contributed by atoms with Gasteiger partial charge in [0.2, 0.25) is 0 Å². The molecule has 0 unspecified atom stereocenters. The van der Waals surface area contributed by atoms with E-state index in [1.54, 1.807) is 16.7 Å². The Labute approximate surface area is 162 Å². The van der Waals surface area contributed by atoms with Crippen molar-refractivity contribution in [1.29, 1.82) is 0 Å². The smallest absolute Gasteiger partial charge is 0.408 e. The van der Waals surface area contributed by atoms with Gasteiger partial charge in [-0.3, -0.25) is 9.47 Å². The lowest BCUT2D eigenvalue weighted by molar-refractivity contribution is 0.196. The van der Waals surface area contributed by atoms with Gasteiger partial charge in [0.1, 0.15) is 0 Å². The second-order valence-electron chi connectivity index (χ2n) is 6.51. The van der Waals surface area contributed by atoms with Gasteiger partial charge in [-0.15, -0.1) is 0 Å². The van der Waals surface area contributed by atoms with Gasteiger partial charge in [0, 0.05) is 24.2 Å². The van der Waals surface area contributed by atoms with Crippen molar-refractivity contribution < 1.29 is 4.42 Å². The highest BCUT2D eigenvalue weighted by atomic mass is 35.5. The quantitative estimate of drug-likeness (QED) is 0.478. The Bertz CT molecular complexity index is 1050. The fourth-order valence-electron chi connectivity index (χ4n) is 3.21. The Kier molecular flexibility index (Phi) is 5.10. The molecule has 0 spiro atoms. The summed E-state index contributed by atoms with van der Waals surface area (Å²) in [5.74, 6) is -0.376. The molecule has 4 rings (SSSR count). The van der Waals surface area contributed by atoms with E-state index in [4.69, 9.17) is 16.0 Å². The number of hydrogen-bond acceptors (Lipinski definition) is 3. The molecule has 0 aliphatic rings. The highest BCUT2D eigenvalue weighted by Crippen LogP contribution is 2.19. The lowest BCUT2D eigenvalue weighted by atomic mass is 10.2. The van der Waals surface area contributed by atoms with Crippen molar-refractivity contribution >= 4 is 22.7 Å². The fraction of sp³-hybridized carbons (Fsp3) is 0.136. The molecule has 4 nitrogen and oxygen atoms in total. The maximum absolute atomic E-state index is 12.4. The van der Waals surface area contributed by atoms with Crippen LogP contribution in [-0.2, 0) is 19.8 Å². The first kappa shape index (κ1) is 17.6. The molecule has 1 heterocycles. The maximum atomic E-state index is 12.4. The van der Waals surface area contributed by atoms with Gasteiger partial charge in [-0.05, 0) is 23.3 Å². The standard InChI is InChI=1S/C22H19ClN2O2/c23-19-11-12-20-21(13-19)27-22(26)25(20)16-24(14-17-7-3-1-4-8-17)15-18-9-5-2-6-10-18/h1-13H,14-16H2. The molecule has 0 saturated heterocycles. The minimum absolute atomic E-state index is 0.376. The zero-order valence-corrected chi connectivity index (χ0v) is 15.5. The Morgan fingerprint density at radius 3 is 2.04 bits per heavy atom. The number of benzene rings is 3. The van der Waals surface area contributed by atoms with Crippen LogP contribution in [0.3, 0.4) is 0 Å². The molecule has 0 amide bonds. The van der Waals surface area contributed by atoms with Gasteiger partial charge in [0.25, 0.3) is 0 Å². The molecule has 0 atom stereocenters. The molecule has 3 aromatic carbocycles. The molecule has 0 bridgehead atoms. The normalized spacial score (nSPS) is 11.3. The van der Waals surface area contributed by atoms with Crippen molar-refractivity contribution in [2.45, 2.75) is 19.8 Å². The number of fused-ring (bicyclic) bond motifs is 1. The van der Waals surface area contributed by atoms with Crippen LogP contribution in [0.2, 0.25) is 5.02 Å². The monoisotopic (exact) mass is 378 g/mol. The zero-order valence-electron chi connectivity index (χ0n) is 14.7. The lowest BCUT2D eigenvalue weighted by Gasteiger charge is -2.23. The van der Waals surface area contributed by atoms with Crippen LogP contribution in [-0.4, -0.2) is 9.47 Å². The van der Waals surface area contributed by atoms with Crippen LogP contribution in [0.1, 0.15) is 11.1 Å². The van der Waals surface area contributed by atoms with Gasteiger partial charge in [-0.25, -0.2) is 4.79 Å². The predicted molar refractivity (Wildman–Crippen MR) is 108 cm³/mol. The summed E-state index contributed by atoms with van der Waals surface area (Å²) in [5, 5.41) is 0.550. The number of rotatable bonds is 6. The molecule has 1 aromatic heterocycles. The average molecular weight is 379 g/mol. The largest absolute Gasteiger partial charge is 0.421 e. The summed E-state index contributed by atoms with van der Waals surface area (Å²) in [6.45, 7) is 1.88. The van der Waals surface area contributed by atoms with E-state index in [9.17, 15) is 4.79 Å². The first-order chi connectivity index (χ1) is 13.2. The van der Waals surface area contributed by atoms with Gasteiger partial charge in [0.15, 0.2) is 5.58 Å². The van der Waals surface area contributed by atoms with Crippen LogP contribution in [0.25, 0.3) is 11.1 Å². The number of oxazole rings is 1. The van der Waals surface area contributed by atoms with Crippen molar-refractivity contribution in [1.82, 2.24) is 9.47 Å². The van der Waals surface area contributed by atoms with E-state index in [-0.39, 0.29) is 5.76 Å². The Morgan fingerprint density at radius 1 is 0.852 bits per heavy atom. The van der Waals surface area contributed by atoms with Crippen molar-refractivity contribution in [2.75, 3.05) is 0 Å². The summed E-state index contributed by atoms with van der Waals surface area (Å²) in [6, 6.07) is 25.7. The molecule has 4 aromatic rings. The Morgan fingerprint density at radius 2 is 1.44 bits per heavy atom. The van der Waals surface area contributed by atoms with Gasteiger partial charge < -0.3 is 4.42 Å². The maximum Gasteiger partial charge on any atom is 0.421 e. The summed E-state index contributed by atoms with van der Waals surface area (Å²) in [5.41, 5.74) is 3.64. The second kappa shape index (κ2) is 7.82. The van der Waals surface area contributed by atoms with Crippen LogP contribution < -0.4 is 5.76 Å². The highest BCUT2D eigenvalue weighted by Gasteiger charge is 2.14. The topological polar surface area (TPSA) is 38.4 Å². The van der Waals surface area contributed by atoms with Crippen molar-refractivity contribution in [3.63, 3.8) is 0 Å². The predicted octanol–water partition coefficient (Wildman–Crippen LogP) is 4.91. The molecular weight excluding hydrogens is 360 g/mol. The molecule has 0 fully saturated rings. The van der Waals surface area contributed by atoms with E-state index >= 15 is 0 Å². The summed E-state index contributed by atoms with van der Waals surface area (Å²) in [7, 11) is 0. The molecular formula is C22H19ClN2O2. The van der Waals surface area contributed by atoms with Crippen LogP contribution in [0.5, 0.6) is 0 Å². The molecule has 0 saturated carbocycles. The Balaban J connectivity index is 1.66. The fourth-order valence-corrected chi connectivity index (χ4v) is 3.38. The van der Waals surface area contributed by atoms with Crippen molar-refractivity contribution in [3.05, 3.63) is 106 Å². The van der Waals surface area contributed by atoms with Crippen molar-refractivity contribution in [3.8, 4) is 0 Å². The minimum atomic E-state index is -0.376. The van der Waals surface area contributed by atoms with Crippen LogP contribution in [0.4, 0.5) is 0 Å². The zero-order chi connectivity index (χ0) is 18.6. The molecule has 0 aliphatic heterocycles. The third-order valence-corrected chi connectivity index (χ3v) is 4.70. The summed E-state index contributed by atoms with van der Waals surface area (Å²) >= 11 is 6.02. The Hall–Kier alpha value is -2.82. The van der Waals surface area contributed by atoms with Crippen molar-refractivity contribution in [2.24, 2.45) is 0 Å². The molecule has 27 heavy (non-hydrogen) atoms. The number of hydrogen-bond donors (Lipinski definition) is 0. The molecule has 0 aliphatic carbocycles. The minimum Gasteiger partial charge on any atom is -0.408 e. The van der Waals surface area contributed by atoms with Gasteiger partial charge in [-0.2, -0.15) is 0 Å². The molecule has 5 heteroatoms. The van der Waals surface area contributed by atoms with Gasteiger partial charge in [0.05, 0.1) is 12.2 Å². The van der Waals surface area contributed by atoms with E-state index in [0.717, 1.165) is 18.6 Å². The summed E-state index contributed by atoms with van der Waals surface area (Å²) < 4.78 is 7.03. The average Bonchev–Trinajstić information content (AvgIpc) is 2.98. The van der Waals surface area contributed by atoms with Crippen LogP contribution >= 0.6 is 11.6 Å². The molecule has 0 N–H and O–H groups in total. The summed E-state index contributed by atoms with van der Waals surface area (Å²) in [4.78, 5) is 14.6. The van der Waals surface area contributed by atoms with Gasteiger partial charge >= 0.3 is 5.76 Å². The second-order valence-corrected chi connectivity index (χ2v) is 6.94. The van der Waals surface area contributed by atoms with Crippen LogP contribution in [0.15, 0.2) is 88.1 Å². The van der Waals surface area contributed by atoms with E-state index in [0.29, 0.717) is 17.3 Å². The third kappa shape index (κ3) is 4.13. The van der Waals surface area contributed by atoms with E-state index < -0.39 is 0 Å². The lowest BCUT2D eigenvalue weighted by Crippen LogP contribution is -2.30. The number of aromatic nitrogens is 1. The van der Waals surface area contributed by atoms with Gasteiger partial charge in [-0.1, -0.05) is 72.3 Å². The number of nitrogens with zero attached hydrogens (tertiary/aromatic N) is 2. The first-order valence-corrected chi connectivity index (χ1v) is 9.16. The van der Waals surface area contributed by atoms with E-state index in [1.807, 2.05) is 42.5 Å². The first-order valence-electron chi connectivity index (χ1n) is 8.78.